The Morgan fingerprint density at radius 3 is 2.84 bits per heavy atom. The number of hydrogen-bond acceptors (Lipinski definition) is 4. The van der Waals surface area contributed by atoms with Crippen molar-refractivity contribution < 1.29 is 14.6 Å². The Labute approximate surface area is 119 Å². The second-order valence-electron chi connectivity index (χ2n) is 5.05. The van der Waals surface area contributed by atoms with Gasteiger partial charge in [-0.25, -0.2) is 0 Å². The Morgan fingerprint density at radius 2 is 2.16 bits per heavy atom. The summed E-state index contributed by atoms with van der Waals surface area (Å²) in [4.78, 5) is 0. The largest absolute Gasteiger partial charge is 0.491 e. The van der Waals surface area contributed by atoms with Gasteiger partial charge in [-0.2, -0.15) is 11.8 Å². The molecule has 106 valence electrons. The van der Waals surface area contributed by atoms with Crippen LogP contribution >= 0.6 is 11.8 Å². The Morgan fingerprint density at radius 1 is 1.37 bits per heavy atom. The van der Waals surface area contributed by atoms with Crippen LogP contribution in [0.3, 0.4) is 0 Å². The number of aliphatic hydroxyl groups excluding tert-OH is 1. The molecule has 0 aromatic heterocycles. The predicted octanol–water partition coefficient (Wildman–Crippen LogP) is 3.03. The van der Waals surface area contributed by atoms with E-state index in [9.17, 15) is 5.11 Å². The standard InChI is InChI=1S/C15H22O3S/c1-15(8-5-11-19-15)14(16)12-6-3-4-7-13(12)18-10-9-17-2/h3-4,6-7,14,16H,5,8-11H2,1-2H3. The van der Waals surface area contributed by atoms with Gasteiger partial charge in [0.25, 0.3) is 0 Å². The van der Waals surface area contributed by atoms with E-state index in [1.54, 1.807) is 7.11 Å². The molecular weight excluding hydrogens is 260 g/mol. The first kappa shape index (κ1) is 14.7. The molecule has 0 amide bonds. The number of para-hydroxylation sites is 1. The Hall–Kier alpha value is -0.710. The normalized spacial score (nSPS) is 24.4. The van der Waals surface area contributed by atoms with Gasteiger partial charge >= 0.3 is 0 Å². The number of ether oxygens (including phenoxy) is 2. The smallest absolute Gasteiger partial charge is 0.125 e. The summed E-state index contributed by atoms with van der Waals surface area (Å²) >= 11 is 1.85. The highest BCUT2D eigenvalue weighted by Crippen LogP contribution is 2.48. The molecule has 1 N–H and O–H groups in total. The van der Waals surface area contributed by atoms with Crippen molar-refractivity contribution in [3.63, 3.8) is 0 Å². The van der Waals surface area contributed by atoms with Crippen LogP contribution in [0.4, 0.5) is 0 Å². The molecule has 1 saturated heterocycles. The van der Waals surface area contributed by atoms with Gasteiger partial charge < -0.3 is 14.6 Å². The number of hydrogen-bond donors (Lipinski definition) is 1. The van der Waals surface area contributed by atoms with Crippen LogP contribution < -0.4 is 4.74 Å². The van der Waals surface area contributed by atoms with Gasteiger partial charge in [-0.1, -0.05) is 18.2 Å². The quantitative estimate of drug-likeness (QED) is 0.814. The topological polar surface area (TPSA) is 38.7 Å². The lowest BCUT2D eigenvalue weighted by molar-refractivity contribution is 0.121. The summed E-state index contributed by atoms with van der Waals surface area (Å²) in [5, 5.41) is 10.7. The third-order valence-electron chi connectivity index (χ3n) is 3.59. The molecule has 1 fully saturated rings. The highest BCUT2D eigenvalue weighted by molar-refractivity contribution is 8.00. The summed E-state index contributed by atoms with van der Waals surface area (Å²) in [6.07, 6.45) is 1.73. The van der Waals surface area contributed by atoms with E-state index in [4.69, 9.17) is 9.47 Å². The highest BCUT2D eigenvalue weighted by Gasteiger charge is 2.38. The van der Waals surface area contributed by atoms with Crippen LogP contribution in [0.1, 0.15) is 31.4 Å². The molecule has 0 aliphatic carbocycles. The van der Waals surface area contributed by atoms with Gasteiger partial charge in [-0.15, -0.1) is 0 Å². The van der Waals surface area contributed by atoms with E-state index < -0.39 is 6.10 Å². The molecule has 0 bridgehead atoms. The van der Waals surface area contributed by atoms with E-state index in [1.165, 1.54) is 6.42 Å². The Bertz CT molecular complexity index is 402. The van der Waals surface area contributed by atoms with Crippen molar-refractivity contribution in [1.82, 2.24) is 0 Å². The van der Waals surface area contributed by atoms with Gasteiger partial charge in [0.1, 0.15) is 12.4 Å². The first-order valence-electron chi connectivity index (χ1n) is 6.70. The molecule has 0 saturated carbocycles. The van der Waals surface area contributed by atoms with Gasteiger partial charge in [0, 0.05) is 17.4 Å². The number of rotatable bonds is 6. The van der Waals surface area contributed by atoms with Gasteiger partial charge in [0.15, 0.2) is 0 Å². The van der Waals surface area contributed by atoms with Gasteiger partial charge in [0.2, 0.25) is 0 Å². The van der Waals surface area contributed by atoms with Crippen molar-refractivity contribution in [2.45, 2.75) is 30.6 Å². The lowest BCUT2D eigenvalue weighted by Crippen LogP contribution is -2.26. The molecule has 3 nitrogen and oxygen atoms in total. The van der Waals surface area contributed by atoms with Crippen LogP contribution in [0.5, 0.6) is 5.75 Å². The van der Waals surface area contributed by atoms with E-state index in [1.807, 2.05) is 36.0 Å². The molecule has 1 aliphatic heterocycles. The molecular formula is C15H22O3S. The minimum atomic E-state index is -0.487. The van der Waals surface area contributed by atoms with Gasteiger partial charge in [0.05, 0.1) is 12.7 Å². The minimum absolute atomic E-state index is 0.0965. The second kappa shape index (κ2) is 6.64. The van der Waals surface area contributed by atoms with E-state index in [0.717, 1.165) is 23.5 Å². The van der Waals surface area contributed by atoms with Crippen molar-refractivity contribution in [3.05, 3.63) is 29.8 Å². The zero-order chi connectivity index (χ0) is 13.7. The number of aliphatic hydroxyl groups is 1. The lowest BCUT2D eigenvalue weighted by Gasteiger charge is -2.30. The fourth-order valence-corrected chi connectivity index (χ4v) is 3.75. The van der Waals surface area contributed by atoms with Crippen LogP contribution in [-0.4, -0.2) is 35.9 Å². The summed E-state index contributed by atoms with van der Waals surface area (Å²) in [6, 6.07) is 7.75. The van der Waals surface area contributed by atoms with Crippen molar-refractivity contribution in [2.75, 3.05) is 26.1 Å². The minimum Gasteiger partial charge on any atom is -0.491 e. The summed E-state index contributed by atoms with van der Waals surface area (Å²) < 4.78 is 10.6. The van der Waals surface area contributed by atoms with Crippen LogP contribution in [-0.2, 0) is 4.74 Å². The first-order valence-corrected chi connectivity index (χ1v) is 7.68. The van der Waals surface area contributed by atoms with Gasteiger partial charge in [-0.05, 0) is 31.6 Å². The average molecular weight is 282 g/mol. The van der Waals surface area contributed by atoms with Crippen LogP contribution in [0.2, 0.25) is 0 Å². The summed E-state index contributed by atoms with van der Waals surface area (Å²) in [5.41, 5.74) is 0.885. The summed E-state index contributed by atoms with van der Waals surface area (Å²) in [7, 11) is 1.65. The van der Waals surface area contributed by atoms with E-state index >= 15 is 0 Å². The molecule has 19 heavy (non-hydrogen) atoms. The molecule has 2 rings (SSSR count). The van der Waals surface area contributed by atoms with Crippen LogP contribution in [0, 0.1) is 0 Å². The summed E-state index contributed by atoms with van der Waals surface area (Å²) in [6.45, 7) is 3.20. The monoisotopic (exact) mass is 282 g/mol. The molecule has 1 aliphatic rings. The Kier molecular flexibility index (Phi) is 5.13. The van der Waals surface area contributed by atoms with Crippen molar-refractivity contribution in [2.24, 2.45) is 0 Å². The first-order chi connectivity index (χ1) is 9.17. The fraction of sp³-hybridized carbons (Fsp3) is 0.600. The zero-order valence-corrected chi connectivity index (χ0v) is 12.4. The van der Waals surface area contributed by atoms with E-state index in [0.29, 0.717) is 13.2 Å². The number of benzene rings is 1. The second-order valence-corrected chi connectivity index (χ2v) is 6.68. The number of methoxy groups -OCH3 is 1. The average Bonchev–Trinajstić information content (AvgIpc) is 2.87. The molecule has 0 spiro atoms. The molecule has 2 unspecified atom stereocenters. The van der Waals surface area contributed by atoms with Gasteiger partial charge in [-0.3, -0.25) is 0 Å². The molecule has 1 aromatic rings. The molecule has 0 radical (unpaired) electrons. The van der Waals surface area contributed by atoms with Crippen LogP contribution in [0.15, 0.2) is 24.3 Å². The Balaban J connectivity index is 2.14. The predicted molar refractivity (Wildman–Crippen MR) is 78.9 cm³/mol. The molecule has 1 aromatic carbocycles. The lowest BCUT2D eigenvalue weighted by atomic mass is 9.92. The zero-order valence-electron chi connectivity index (χ0n) is 11.6. The molecule has 2 atom stereocenters. The maximum Gasteiger partial charge on any atom is 0.125 e. The van der Waals surface area contributed by atoms with Crippen molar-refractivity contribution >= 4 is 11.8 Å². The number of thioether (sulfide) groups is 1. The highest BCUT2D eigenvalue weighted by atomic mass is 32.2. The summed E-state index contributed by atoms with van der Waals surface area (Å²) in [5.74, 6) is 1.89. The maximum atomic E-state index is 10.7. The third-order valence-corrected chi connectivity index (χ3v) is 5.17. The molecule has 4 heteroatoms. The van der Waals surface area contributed by atoms with Crippen molar-refractivity contribution in [1.29, 1.82) is 0 Å². The maximum absolute atomic E-state index is 10.7. The SMILES string of the molecule is COCCOc1ccccc1C(O)C1(C)CCCS1. The van der Waals surface area contributed by atoms with E-state index in [2.05, 4.69) is 6.92 Å². The van der Waals surface area contributed by atoms with E-state index in [-0.39, 0.29) is 4.75 Å². The molecule has 1 heterocycles. The third kappa shape index (κ3) is 3.44. The fourth-order valence-electron chi connectivity index (χ4n) is 2.42. The van der Waals surface area contributed by atoms with Crippen LogP contribution in [0.25, 0.3) is 0 Å². The van der Waals surface area contributed by atoms with Crippen molar-refractivity contribution in [3.8, 4) is 5.75 Å².